The Morgan fingerprint density at radius 1 is 0.614 bits per heavy atom. The number of benzene rings is 7. The van der Waals surface area contributed by atoms with Gasteiger partial charge in [-0.3, -0.25) is 0 Å². The third-order valence-corrected chi connectivity index (χ3v) is 12.8. The molecule has 5 nitrogen and oxygen atoms in total. The lowest BCUT2D eigenvalue weighted by Crippen LogP contribution is -2.33. The van der Waals surface area contributed by atoms with Gasteiger partial charge >= 0.3 is 0 Å². The standard InChI is InChI=1S/C51H34N4OS/c1-3-13-31(14-4-1)49-52-50(32-15-5-2-6-16-32)54-51(53-49)39-20-11-19-38-37-27-25-34(30-44(37)56-48(38)39)33-26-28-45-40(29-33)47-43(23-12-24-46(47)57-45)55-41-21-9-7-17-35(41)36-18-8-10-22-42(36)55/h1-11,13-23,25-30,49H,12,24H2,(H,52,53,54). The number of nitrogens with zero attached hydrogens (tertiary/aromatic N) is 3. The Morgan fingerprint density at radius 3 is 2.12 bits per heavy atom. The Labute approximate surface area is 332 Å². The minimum Gasteiger partial charge on any atom is -0.455 e. The van der Waals surface area contributed by atoms with Crippen molar-refractivity contribution in [2.45, 2.75) is 19.0 Å². The number of hydrogen-bond donors (Lipinski definition) is 1. The molecule has 12 rings (SSSR count). The fraction of sp³-hybridized carbons (Fsp3) is 0.0588. The van der Waals surface area contributed by atoms with Gasteiger partial charge in [-0.25, -0.2) is 9.98 Å². The monoisotopic (exact) mass is 750 g/mol. The van der Waals surface area contributed by atoms with Crippen molar-refractivity contribution in [1.29, 1.82) is 0 Å². The number of hydrogen-bond acceptors (Lipinski definition) is 5. The van der Waals surface area contributed by atoms with Crippen molar-refractivity contribution in [3.05, 3.63) is 197 Å². The maximum absolute atomic E-state index is 6.81. The molecule has 0 fully saturated rings. The molecule has 0 spiro atoms. The molecular weight excluding hydrogens is 717 g/mol. The number of aryl methyl sites for hydroxylation is 1. The van der Waals surface area contributed by atoms with E-state index in [0.717, 1.165) is 62.9 Å². The summed E-state index contributed by atoms with van der Waals surface area (Å²) >= 11 is 1.93. The average Bonchev–Trinajstić information content (AvgIpc) is 3.96. The molecule has 270 valence electrons. The second kappa shape index (κ2) is 12.8. The van der Waals surface area contributed by atoms with E-state index in [0.29, 0.717) is 5.84 Å². The minimum absolute atomic E-state index is 0.289. The molecular formula is C51H34N4OS. The van der Waals surface area contributed by atoms with E-state index in [1.54, 1.807) is 0 Å². The molecule has 1 N–H and O–H groups in total. The van der Waals surface area contributed by atoms with Gasteiger partial charge < -0.3 is 14.3 Å². The average molecular weight is 751 g/mol. The number of aliphatic imine (C=N–C) groups is 2. The van der Waals surface area contributed by atoms with Crippen molar-refractivity contribution in [3.63, 3.8) is 0 Å². The zero-order valence-corrected chi connectivity index (χ0v) is 31.6. The van der Waals surface area contributed by atoms with Crippen LogP contribution in [0.3, 0.4) is 0 Å². The summed E-state index contributed by atoms with van der Waals surface area (Å²) in [6, 6.07) is 58.0. The smallest absolute Gasteiger partial charge is 0.163 e. The van der Waals surface area contributed by atoms with E-state index in [4.69, 9.17) is 14.4 Å². The molecule has 0 amide bonds. The lowest BCUT2D eigenvalue weighted by molar-refractivity contribution is 0.663. The maximum Gasteiger partial charge on any atom is 0.163 e. The molecule has 0 radical (unpaired) electrons. The number of para-hydroxylation sites is 3. The van der Waals surface area contributed by atoms with Crippen LogP contribution in [0.2, 0.25) is 0 Å². The summed E-state index contributed by atoms with van der Waals surface area (Å²) in [5.74, 6) is 1.43. The predicted octanol–water partition coefficient (Wildman–Crippen LogP) is 12.9. The van der Waals surface area contributed by atoms with E-state index in [2.05, 4.69) is 143 Å². The molecule has 1 unspecified atom stereocenters. The van der Waals surface area contributed by atoms with Crippen LogP contribution in [0, 0.1) is 0 Å². The van der Waals surface area contributed by atoms with Gasteiger partial charge in [0.15, 0.2) is 5.84 Å². The number of rotatable bonds is 5. The number of fused-ring (bicyclic) bond motifs is 9. The topological polar surface area (TPSA) is 54.8 Å². The largest absolute Gasteiger partial charge is 0.455 e. The lowest BCUT2D eigenvalue weighted by Gasteiger charge is -2.23. The molecule has 0 saturated carbocycles. The molecule has 1 atom stereocenters. The molecule has 0 saturated heterocycles. The number of amidine groups is 2. The van der Waals surface area contributed by atoms with Gasteiger partial charge in [0.1, 0.15) is 23.2 Å². The molecule has 4 heterocycles. The van der Waals surface area contributed by atoms with Gasteiger partial charge in [0, 0.05) is 47.6 Å². The summed E-state index contributed by atoms with van der Waals surface area (Å²) in [5.41, 5.74) is 12.0. The first-order valence-electron chi connectivity index (χ1n) is 19.5. The van der Waals surface area contributed by atoms with Crippen molar-refractivity contribution in [2.24, 2.45) is 9.98 Å². The first-order valence-corrected chi connectivity index (χ1v) is 20.3. The van der Waals surface area contributed by atoms with E-state index >= 15 is 0 Å². The predicted molar refractivity (Wildman–Crippen MR) is 238 cm³/mol. The number of aromatic nitrogens is 1. The number of allylic oxidation sites excluding steroid dienone is 1. The normalized spacial score (nSPS) is 15.5. The maximum atomic E-state index is 6.81. The summed E-state index contributed by atoms with van der Waals surface area (Å²) in [4.78, 5) is 11.7. The van der Waals surface area contributed by atoms with Crippen LogP contribution in [-0.4, -0.2) is 16.2 Å². The molecule has 0 bridgehead atoms. The molecule has 1 aliphatic carbocycles. The van der Waals surface area contributed by atoms with Crippen LogP contribution >= 0.6 is 11.3 Å². The van der Waals surface area contributed by atoms with E-state index in [-0.39, 0.29) is 6.17 Å². The zero-order chi connectivity index (χ0) is 37.5. The van der Waals surface area contributed by atoms with E-state index < -0.39 is 0 Å². The van der Waals surface area contributed by atoms with Gasteiger partial charge in [0.2, 0.25) is 0 Å². The molecule has 6 heteroatoms. The van der Waals surface area contributed by atoms with Crippen molar-refractivity contribution in [2.75, 3.05) is 0 Å². The fourth-order valence-electron chi connectivity index (χ4n) is 8.88. The summed E-state index contributed by atoms with van der Waals surface area (Å²) in [6.45, 7) is 0. The van der Waals surface area contributed by atoms with Crippen molar-refractivity contribution >= 4 is 82.5 Å². The Hall–Kier alpha value is -7.02. The fourth-order valence-corrected chi connectivity index (χ4v) is 10.1. The zero-order valence-electron chi connectivity index (χ0n) is 30.8. The van der Waals surface area contributed by atoms with Gasteiger partial charge in [-0.1, -0.05) is 127 Å². The Balaban J connectivity index is 0.974. The molecule has 1 aliphatic heterocycles. The highest BCUT2D eigenvalue weighted by Gasteiger charge is 2.26. The van der Waals surface area contributed by atoms with Gasteiger partial charge in [-0.05, 0) is 72.0 Å². The Kier molecular flexibility index (Phi) is 7.22. The third kappa shape index (κ3) is 5.14. The number of thiophene rings is 1. The second-order valence-corrected chi connectivity index (χ2v) is 16.0. The van der Waals surface area contributed by atoms with Crippen molar-refractivity contribution in [1.82, 2.24) is 9.88 Å². The Bertz CT molecular complexity index is 3270. The van der Waals surface area contributed by atoms with Crippen LogP contribution in [0.25, 0.3) is 70.7 Å². The number of furan rings is 1. The van der Waals surface area contributed by atoms with Gasteiger partial charge in [0.25, 0.3) is 0 Å². The second-order valence-electron chi connectivity index (χ2n) is 14.8. The van der Waals surface area contributed by atoms with Crippen LogP contribution < -0.4 is 5.32 Å². The summed E-state index contributed by atoms with van der Waals surface area (Å²) in [6.07, 6.45) is 4.24. The molecule has 7 aromatic carbocycles. The number of nitrogens with one attached hydrogen (secondary N) is 1. The third-order valence-electron chi connectivity index (χ3n) is 11.5. The van der Waals surface area contributed by atoms with Crippen LogP contribution in [0.1, 0.15) is 39.7 Å². The molecule has 2 aliphatic rings. The summed E-state index contributed by atoms with van der Waals surface area (Å²) in [5, 5.41) is 9.57. The van der Waals surface area contributed by atoms with Gasteiger partial charge in [-0.2, -0.15) is 0 Å². The minimum atomic E-state index is -0.289. The van der Waals surface area contributed by atoms with Crippen molar-refractivity contribution < 1.29 is 4.42 Å². The van der Waals surface area contributed by atoms with Crippen molar-refractivity contribution in [3.8, 4) is 11.1 Å². The SMILES string of the molecule is C1=C(n2c3ccccc3c3ccccc32)c2c(sc3ccc(-c4ccc5c(c4)oc4c(C6=NC(c7ccccc7)NC(c7ccccc7)=N6)cccc45)cc23)CC1. The first-order chi connectivity index (χ1) is 28.2. The molecule has 3 aromatic heterocycles. The quantitative estimate of drug-likeness (QED) is 0.190. The highest BCUT2D eigenvalue weighted by atomic mass is 32.1. The van der Waals surface area contributed by atoms with Gasteiger partial charge in [0.05, 0.1) is 22.3 Å². The van der Waals surface area contributed by atoms with Gasteiger partial charge in [-0.15, -0.1) is 11.3 Å². The van der Waals surface area contributed by atoms with Crippen LogP contribution in [0.4, 0.5) is 0 Å². The highest BCUT2D eigenvalue weighted by Crippen LogP contribution is 2.45. The van der Waals surface area contributed by atoms with Crippen LogP contribution in [0.15, 0.2) is 184 Å². The summed E-state index contributed by atoms with van der Waals surface area (Å²) < 4.78 is 10.6. The Morgan fingerprint density at radius 2 is 1.32 bits per heavy atom. The van der Waals surface area contributed by atoms with E-state index in [9.17, 15) is 0 Å². The molecule has 57 heavy (non-hydrogen) atoms. The van der Waals surface area contributed by atoms with Crippen LogP contribution in [0.5, 0.6) is 0 Å². The lowest BCUT2D eigenvalue weighted by atomic mass is 9.96. The summed E-state index contributed by atoms with van der Waals surface area (Å²) in [7, 11) is 0. The molecule has 10 aromatic rings. The van der Waals surface area contributed by atoms with E-state index in [1.807, 2.05) is 47.7 Å². The van der Waals surface area contributed by atoms with Crippen LogP contribution in [-0.2, 0) is 6.42 Å². The first kappa shape index (κ1) is 32.2. The van der Waals surface area contributed by atoms with E-state index in [1.165, 1.54) is 53.6 Å². The highest BCUT2D eigenvalue weighted by molar-refractivity contribution is 7.19.